The van der Waals surface area contributed by atoms with Gasteiger partial charge in [-0.15, -0.1) is 0 Å². The molecule has 1 aliphatic rings. The lowest BCUT2D eigenvalue weighted by Gasteiger charge is -2.33. The zero-order chi connectivity index (χ0) is 15.6. The quantitative estimate of drug-likeness (QED) is 0.626. The van der Waals surface area contributed by atoms with Crippen molar-refractivity contribution in [2.45, 2.75) is 44.6 Å². The molecule has 0 radical (unpaired) electrons. The Balaban J connectivity index is 2.68. The van der Waals surface area contributed by atoms with Gasteiger partial charge >= 0.3 is 5.97 Å². The second-order valence-corrected chi connectivity index (χ2v) is 7.22. The molecule has 3 atom stereocenters. The predicted octanol–water partition coefficient (Wildman–Crippen LogP) is 1.29. The van der Waals surface area contributed by atoms with Crippen molar-refractivity contribution in [3.05, 3.63) is 0 Å². The number of hydrogen-bond acceptors (Lipinski definition) is 3. The fourth-order valence-electron chi connectivity index (χ4n) is 2.99. The number of carbonyl (C=O) groups is 2. The largest absolute Gasteiger partial charge is 0.481 e. The molecule has 0 bridgehead atoms. The van der Waals surface area contributed by atoms with Crippen LogP contribution >= 0.6 is 0 Å². The molecule has 0 aromatic rings. The second kappa shape index (κ2) is 6.22. The lowest BCUT2D eigenvalue weighted by Crippen LogP contribution is -2.54. The standard InChI is InChI=1S/C15H27NO4/c1-5-6-11-7-12(11)8-13(17)15(20,9-14(18)19)10-16(2,3)4/h11-12,20H,5-10H2,1-4H3/p+1. The molecule has 1 saturated carbocycles. The van der Waals surface area contributed by atoms with Crippen LogP contribution < -0.4 is 0 Å². The molecule has 0 aromatic heterocycles. The normalized spacial score (nSPS) is 25.1. The zero-order valence-electron chi connectivity index (χ0n) is 13.1. The molecule has 0 amide bonds. The smallest absolute Gasteiger partial charge is 0.306 e. The highest BCUT2D eigenvalue weighted by atomic mass is 16.4. The molecular formula is C15H28NO4+. The Morgan fingerprint density at radius 3 is 2.30 bits per heavy atom. The minimum Gasteiger partial charge on any atom is -0.481 e. The van der Waals surface area contributed by atoms with E-state index in [0.29, 0.717) is 22.7 Å². The molecule has 3 unspecified atom stereocenters. The molecule has 0 aromatic carbocycles. The number of quaternary nitrogens is 1. The third-order valence-corrected chi connectivity index (χ3v) is 3.87. The van der Waals surface area contributed by atoms with Crippen LogP contribution in [0.2, 0.25) is 0 Å². The maximum absolute atomic E-state index is 12.4. The van der Waals surface area contributed by atoms with Crippen molar-refractivity contribution in [1.29, 1.82) is 0 Å². The minimum atomic E-state index is -1.75. The SMILES string of the molecule is CCCC1CC1CC(=O)C(O)(CC(=O)O)C[N+](C)(C)C. The lowest BCUT2D eigenvalue weighted by atomic mass is 9.89. The summed E-state index contributed by atoms with van der Waals surface area (Å²) in [6, 6.07) is 0. The van der Waals surface area contributed by atoms with Crippen LogP contribution in [0.3, 0.4) is 0 Å². The second-order valence-electron chi connectivity index (χ2n) is 7.22. The Morgan fingerprint density at radius 1 is 1.25 bits per heavy atom. The van der Waals surface area contributed by atoms with E-state index >= 15 is 0 Å². The van der Waals surface area contributed by atoms with E-state index in [0.717, 1.165) is 19.3 Å². The summed E-state index contributed by atoms with van der Waals surface area (Å²) in [5, 5.41) is 19.5. The van der Waals surface area contributed by atoms with Crippen LogP contribution in [-0.2, 0) is 9.59 Å². The number of likely N-dealkylation sites (N-methyl/N-ethyl adjacent to an activating group) is 1. The van der Waals surface area contributed by atoms with Gasteiger partial charge in [0.25, 0.3) is 0 Å². The van der Waals surface area contributed by atoms with Gasteiger partial charge in [0.2, 0.25) is 0 Å². The van der Waals surface area contributed by atoms with Crippen molar-refractivity contribution >= 4 is 11.8 Å². The van der Waals surface area contributed by atoms with Gasteiger partial charge in [-0.1, -0.05) is 19.8 Å². The van der Waals surface area contributed by atoms with Gasteiger partial charge in [0.15, 0.2) is 11.4 Å². The van der Waals surface area contributed by atoms with Crippen molar-refractivity contribution in [3.8, 4) is 0 Å². The van der Waals surface area contributed by atoms with Crippen molar-refractivity contribution in [3.63, 3.8) is 0 Å². The first-order valence-electron chi connectivity index (χ1n) is 7.35. The van der Waals surface area contributed by atoms with Crippen LogP contribution in [0.15, 0.2) is 0 Å². The summed E-state index contributed by atoms with van der Waals surface area (Å²) in [4.78, 5) is 23.3. The Kier molecular flexibility index (Phi) is 5.33. The molecule has 116 valence electrons. The number of aliphatic hydroxyl groups is 1. The van der Waals surface area contributed by atoms with E-state index in [9.17, 15) is 14.7 Å². The number of carboxylic acid groups (broad SMARTS) is 1. The lowest BCUT2D eigenvalue weighted by molar-refractivity contribution is -0.875. The van der Waals surface area contributed by atoms with Gasteiger partial charge in [-0.25, -0.2) is 0 Å². The third-order valence-electron chi connectivity index (χ3n) is 3.87. The molecule has 1 aliphatic carbocycles. The van der Waals surface area contributed by atoms with Crippen molar-refractivity contribution < 1.29 is 24.3 Å². The maximum Gasteiger partial charge on any atom is 0.306 e. The molecule has 5 nitrogen and oxygen atoms in total. The number of nitrogens with zero attached hydrogens (tertiary/aromatic N) is 1. The predicted molar refractivity (Wildman–Crippen MR) is 76.2 cm³/mol. The molecule has 0 spiro atoms. The molecule has 2 N–H and O–H groups in total. The maximum atomic E-state index is 12.4. The topological polar surface area (TPSA) is 74.6 Å². The average molecular weight is 286 g/mol. The van der Waals surface area contributed by atoms with Gasteiger partial charge in [-0.3, -0.25) is 9.59 Å². The van der Waals surface area contributed by atoms with Crippen LogP contribution in [0.4, 0.5) is 0 Å². The summed E-state index contributed by atoms with van der Waals surface area (Å²) < 4.78 is 0.360. The van der Waals surface area contributed by atoms with E-state index in [-0.39, 0.29) is 12.3 Å². The minimum absolute atomic E-state index is 0.128. The average Bonchev–Trinajstić information content (AvgIpc) is 2.92. The fourth-order valence-corrected chi connectivity index (χ4v) is 2.99. The van der Waals surface area contributed by atoms with E-state index in [2.05, 4.69) is 6.92 Å². The summed E-state index contributed by atoms with van der Waals surface area (Å²) in [6.07, 6.45) is 3.06. The molecule has 1 fully saturated rings. The van der Waals surface area contributed by atoms with E-state index < -0.39 is 18.0 Å². The van der Waals surface area contributed by atoms with Crippen LogP contribution in [-0.4, -0.2) is 59.7 Å². The molecule has 5 heteroatoms. The number of aliphatic carboxylic acids is 1. The van der Waals surface area contributed by atoms with E-state index in [1.807, 2.05) is 21.1 Å². The number of Topliss-reactive ketones (excluding diaryl/α,β-unsaturated/α-hetero) is 1. The van der Waals surface area contributed by atoms with Crippen LogP contribution in [0.1, 0.15) is 39.0 Å². The van der Waals surface area contributed by atoms with E-state index in [1.54, 1.807) is 0 Å². The van der Waals surface area contributed by atoms with Gasteiger partial charge in [0.1, 0.15) is 6.54 Å². The highest BCUT2D eigenvalue weighted by Crippen LogP contribution is 2.45. The number of ketones is 1. The molecule has 1 rings (SSSR count). The van der Waals surface area contributed by atoms with Gasteiger partial charge in [-0.2, -0.15) is 0 Å². The molecule has 0 heterocycles. The summed E-state index contributed by atoms with van der Waals surface area (Å²) in [5.41, 5.74) is -1.75. The number of carbonyl (C=O) groups excluding carboxylic acids is 1. The van der Waals surface area contributed by atoms with Gasteiger partial charge in [-0.05, 0) is 18.3 Å². The van der Waals surface area contributed by atoms with E-state index in [4.69, 9.17) is 5.11 Å². The zero-order valence-corrected chi connectivity index (χ0v) is 13.1. The van der Waals surface area contributed by atoms with Crippen LogP contribution in [0.25, 0.3) is 0 Å². The van der Waals surface area contributed by atoms with Gasteiger partial charge in [0, 0.05) is 6.42 Å². The monoisotopic (exact) mass is 286 g/mol. The summed E-state index contributed by atoms with van der Waals surface area (Å²) in [7, 11) is 5.53. The van der Waals surface area contributed by atoms with Gasteiger partial charge in [0.05, 0.1) is 27.6 Å². The highest BCUT2D eigenvalue weighted by Gasteiger charge is 2.47. The Labute approximate surface area is 121 Å². The first-order valence-corrected chi connectivity index (χ1v) is 7.35. The molecule has 0 saturated heterocycles. The highest BCUT2D eigenvalue weighted by molar-refractivity contribution is 5.91. The number of rotatable bonds is 9. The first kappa shape index (κ1) is 17.1. The summed E-state index contributed by atoms with van der Waals surface area (Å²) in [6.45, 7) is 2.25. The van der Waals surface area contributed by atoms with E-state index in [1.165, 1.54) is 0 Å². The summed E-state index contributed by atoms with van der Waals surface area (Å²) >= 11 is 0. The van der Waals surface area contributed by atoms with Gasteiger partial charge < -0.3 is 14.7 Å². The first-order chi connectivity index (χ1) is 9.07. The van der Waals surface area contributed by atoms with Crippen molar-refractivity contribution in [1.82, 2.24) is 0 Å². The Bertz CT molecular complexity index is 375. The van der Waals surface area contributed by atoms with Crippen molar-refractivity contribution in [2.24, 2.45) is 11.8 Å². The Hall–Kier alpha value is -0.940. The molecular weight excluding hydrogens is 258 g/mol. The van der Waals surface area contributed by atoms with Crippen LogP contribution in [0.5, 0.6) is 0 Å². The van der Waals surface area contributed by atoms with Crippen molar-refractivity contribution in [2.75, 3.05) is 27.7 Å². The number of carboxylic acids is 1. The Morgan fingerprint density at radius 2 is 1.85 bits per heavy atom. The number of hydrogen-bond donors (Lipinski definition) is 2. The molecule has 20 heavy (non-hydrogen) atoms. The fraction of sp³-hybridized carbons (Fsp3) is 0.867. The van der Waals surface area contributed by atoms with Crippen LogP contribution in [0, 0.1) is 11.8 Å². The summed E-state index contributed by atoms with van der Waals surface area (Å²) in [5.74, 6) is -0.510. The third kappa shape index (κ3) is 5.21. The molecule has 0 aliphatic heterocycles.